The molecule has 1 aliphatic rings. The number of carbonyl (C=O) groups excluding carboxylic acids is 2. The summed E-state index contributed by atoms with van der Waals surface area (Å²) in [5.74, 6) is -0.560. The Balaban J connectivity index is 1.65. The fourth-order valence-corrected chi connectivity index (χ4v) is 5.18. The molecule has 7 nitrogen and oxygen atoms in total. The van der Waals surface area contributed by atoms with Crippen LogP contribution in [0.5, 0.6) is 0 Å². The fourth-order valence-electron chi connectivity index (χ4n) is 3.59. The molecule has 1 fully saturated rings. The average Bonchev–Trinajstić information content (AvgIpc) is 2.75. The van der Waals surface area contributed by atoms with E-state index in [0.29, 0.717) is 11.3 Å². The monoisotopic (exact) mass is 463 g/mol. The van der Waals surface area contributed by atoms with Crippen LogP contribution in [-0.2, 0) is 19.6 Å². The molecule has 2 amide bonds. The molecule has 31 heavy (non-hydrogen) atoms. The van der Waals surface area contributed by atoms with Crippen molar-refractivity contribution in [3.63, 3.8) is 0 Å². The van der Waals surface area contributed by atoms with Gasteiger partial charge in [0.1, 0.15) is 0 Å². The number of halogens is 1. The highest BCUT2D eigenvalue weighted by Gasteiger charge is 2.22. The summed E-state index contributed by atoms with van der Waals surface area (Å²) in [7, 11) is -3.92. The normalized spacial score (nSPS) is 14.6. The van der Waals surface area contributed by atoms with Crippen LogP contribution in [0, 0.1) is 12.8 Å². The van der Waals surface area contributed by atoms with Crippen LogP contribution in [0.1, 0.15) is 37.7 Å². The van der Waals surface area contributed by atoms with E-state index in [1.54, 1.807) is 43.3 Å². The van der Waals surface area contributed by atoms with Gasteiger partial charge in [-0.2, -0.15) is 0 Å². The SMILES string of the molecule is Cc1ccc(NC(=O)CNC(=O)C2CCCCC2)cc1S(=O)(=O)Nc1ccccc1Cl. The minimum absolute atomic E-state index is 0.0245. The Hall–Kier alpha value is -2.58. The third-order valence-electron chi connectivity index (χ3n) is 5.28. The number of carbonyl (C=O) groups is 2. The van der Waals surface area contributed by atoms with Gasteiger partial charge >= 0.3 is 0 Å². The van der Waals surface area contributed by atoms with E-state index in [2.05, 4.69) is 15.4 Å². The molecule has 9 heteroatoms. The average molecular weight is 464 g/mol. The molecule has 0 heterocycles. The van der Waals surface area contributed by atoms with Gasteiger partial charge in [-0.15, -0.1) is 0 Å². The summed E-state index contributed by atoms with van der Waals surface area (Å²) in [6.07, 6.45) is 4.92. The summed E-state index contributed by atoms with van der Waals surface area (Å²) >= 11 is 6.06. The van der Waals surface area contributed by atoms with Gasteiger partial charge in [0.15, 0.2) is 0 Å². The largest absolute Gasteiger partial charge is 0.347 e. The molecule has 0 saturated heterocycles. The molecule has 2 aromatic carbocycles. The number of sulfonamides is 1. The lowest BCUT2D eigenvalue weighted by Gasteiger charge is -2.20. The smallest absolute Gasteiger partial charge is 0.262 e. The van der Waals surface area contributed by atoms with Gasteiger partial charge in [0.05, 0.1) is 22.2 Å². The second kappa shape index (κ2) is 10.2. The minimum atomic E-state index is -3.92. The fraction of sp³-hybridized carbons (Fsp3) is 0.364. The van der Waals surface area contributed by atoms with Crippen LogP contribution in [0.2, 0.25) is 5.02 Å². The van der Waals surface area contributed by atoms with Crippen LogP contribution in [0.15, 0.2) is 47.4 Å². The Morgan fingerprint density at radius 1 is 1.06 bits per heavy atom. The molecule has 1 saturated carbocycles. The molecule has 0 atom stereocenters. The van der Waals surface area contributed by atoms with Crippen molar-refractivity contribution >= 4 is 44.8 Å². The molecule has 3 rings (SSSR count). The van der Waals surface area contributed by atoms with E-state index in [1.807, 2.05) is 0 Å². The van der Waals surface area contributed by atoms with Gasteiger partial charge in [0.25, 0.3) is 10.0 Å². The zero-order valence-electron chi connectivity index (χ0n) is 17.3. The number of anilines is 2. The van der Waals surface area contributed by atoms with E-state index in [4.69, 9.17) is 11.6 Å². The van der Waals surface area contributed by atoms with Crippen molar-refractivity contribution in [2.24, 2.45) is 5.92 Å². The number of hydrogen-bond acceptors (Lipinski definition) is 4. The van der Waals surface area contributed by atoms with E-state index >= 15 is 0 Å². The van der Waals surface area contributed by atoms with Crippen LogP contribution in [0.25, 0.3) is 0 Å². The van der Waals surface area contributed by atoms with Crippen molar-refractivity contribution < 1.29 is 18.0 Å². The first-order valence-electron chi connectivity index (χ1n) is 10.2. The summed E-state index contributed by atoms with van der Waals surface area (Å²) in [6, 6.07) is 11.1. The van der Waals surface area contributed by atoms with Crippen molar-refractivity contribution in [1.29, 1.82) is 0 Å². The maximum Gasteiger partial charge on any atom is 0.262 e. The maximum atomic E-state index is 12.9. The Morgan fingerprint density at radius 2 is 1.77 bits per heavy atom. The van der Waals surface area contributed by atoms with E-state index in [9.17, 15) is 18.0 Å². The van der Waals surface area contributed by atoms with Crippen molar-refractivity contribution in [2.45, 2.75) is 43.9 Å². The molecule has 2 aromatic rings. The summed E-state index contributed by atoms with van der Waals surface area (Å²) in [5, 5.41) is 5.59. The first kappa shape index (κ1) is 23.1. The highest BCUT2D eigenvalue weighted by molar-refractivity contribution is 7.92. The Labute approximate surface area is 187 Å². The summed E-state index contributed by atoms with van der Waals surface area (Å²) in [5.41, 5.74) is 1.11. The number of rotatable bonds is 7. The third-order valence-corrected chi connectivity index (χ3v) is 7.12. The molecule has 0 bridgehead atoms. The number of para-hydroxylation sites is 1. The Kier molecular flexibility index (Phi) is 7.56. The lowest BCUT2D eigenvalue weighted by atomic mass is 9.89. The Bertz CT molecular complexity index is 1070. The Morgan fingerprint density at radius 3 is 2.48 bits per heavy atom. The van der Waals surface area contributed by atoms with Crippen molar-refractivity contribution in [3.8, 4) is 0 Å². The van der Waals surface area contributed by atoms with Gasteiger partial charge < -0.3 is 10.6 Å². The molecule has 1 aliphatic carbocycles. The molecule has 0 radical (unpaired) electrons. The zero-order chi connectivity index (χ0) is 22.4. The van der Waals surface area contributed by atoms with Crippen molar-refractivity contribution in [2.75, 3.05) is 16.6 Å². The van der Waals surface area contributed by atoms with Crippen molar-refractivity contribution in [3.05, 3.63) is 53.1 Å². The molecule has 0 aliphatic heterocycles. The zero-order valence-corrected chi connectivity index (χ0v) is 18.9. The molecule has 0 spiro atoms. The lowest BCUT2D eigenvalue weighted by Crippen LogP contribution is -2.37. The molecule has 3 N–H and O–H groups in total. The minimum Gasteiger partial charge on any atom is -0.347 e. The number of aryl methyl sites for hydroxylation is 1. The summed E-state index contributed by atoms with van der Waals surface area (Å²) in [6.45, 7) is 1.50. The van der Waals surface area contributed by atoms with Crippen LogP contribution in [0.4, 0.5) is 11.4 Å². The van der Waals surface area contributed by atoms with Gasteiger partial charge in [0.2, 0.25) is 11.8 Å². The quantitative estimate of drug-likeness (QED) is 0.575. The van der Waals surface area contributed by atoms with E-state index in [0.717, 1.165) is 32.1 Å². The number of hydrogen-bond donors (Lipinski definition) is 3. The topological polar surface area (TPSA) is 104 Å². The van der Waals surface area contributed by atoms with Gasteiger partial charge in [-0.25, -0.2) is 8.42 Å². The molecule has 0 aromatic heterocycles. The van der Waals surface area contributed by atoms with E-state index < -0.39 is 15.9 Å². The van der Waals surface area contributed by atoms with Crippen LogP contribution in [0.3, 0.4) is 0 Å². The van der Waals surface area contributed by atoms with E-state index in [-0.39, 0.29) is 34.0 Å². The number of amides is 2. The van der Waals surface area contributed by atoms with Crippen LogP contribution >= 0.6 is 11.6 Å². The number of benzene rings is 2. The number of nitrogens with one attached hydrogen (secondary N) is 3. The van der Waals surface area contributed by atoms with Gasteiger partial charge in [-0.05, 0) is 49.6 Å². The molecular formula is C22H26ClN3O4S. The standard InChI is InChI=1S/C22H26ClN3O4S/c1-15-11-12-17(25-21(27)14-24-22(28)16-7-3-2-4-8-16)13-20(15)31(29,30)26-19-10-6-5-9-18(19)23/h5-6,9-13,16,26H,2-4,7-8,14H2,1H3,(H,24,28)(H,25,27). The van der Waals surface area contributed by atoms with Gasteiger partial charge in [-0.3, -0.25) is 14.3 Å². The van der Waals surface area contributed by atoms with Crippen molar-refractivity contribution in [1.82, 2.24) is 5.32 Å². The third kappa shape index (κ3) is 6.21. The first-order valence-corrected chi connectivity index (χ1v) is 12.1. The van der Waals surface area contributed by atoms with Gasteiger partial charge in [-0.1, -0.05) is 49.1 Å². The molecule has 166 valence electrons. The molecular weight excluding hydrogens is 438 g/mol. The lowest BCUT2D eigenvalue weighted by molar-refractivity contribution is -0.128. The van der Waals surface area contributed by atoms with Gasteiger partial charge in [0, 0.05) is 11.6 Å². The summed E-state index contributed by atoms with van der Waals surface area (Å²) in [4.78, 5) is 24.5. The first-order chi connectivity index (χ1) is 14.8. The highest BCUT2D eigenvalue weighted by Crippen LogP contribution is 2.27. The van der Waals surface area contributed by atoms with Crippen LogP contribution < -0.4 is 15.4 Å². The second-order valence-electron chi connectivity index (χ2n) is 7.67. The second-order valence-corrected chi connectivity index (χ2v) is 9.72. The van der Waals surface area contributed by atoms with E-state index in [1.165, 1.54) is 6.07 Å². The molecule has 0 unspecified atom stereocenters. The predicted octanol–water partition coefficient (Wildman–Crippen LogP) is 4.08. The predicted molar refractivity (Wildman–Crippen MR) is 122 cm³/mol. The van der Waals surface area contributed by atoms with Crippen LogP contribution in [-0.4, -0.2) is 26.8 Å². The summed E-state index contributed by atoms with van der Waals surface area (Å²) < 4.78 is 28.2. The highest BCUT2D eigenvalue weighted by atomic mass is 35.5. The maximum absolute atomic E-state index is 12.9.